The zero-order chi connectivity index (χ0) is 22.6. The van der Waals surface area contributed by atoms with Gasteiger partial charge in [-0.3, -0.25) is 9.32 Å². The molecule has 13 heteroatoms. The van der Waals surface area contributed by atoms with Crippen LogP contribution in [0.3, 0.4) is 0 Å². The minimum Gasteiger partial charge on any atom is -0.387 e. The van der Waals surface area contributed by atoms with Crippen molar-refractivity contribution in [3.8, 4) is 0 Å². The molecular weight excluding hydrogens is 421 g/mol. The fraction of sp³-hybridized carbons (Fsp3) is 0.588. The van der Waals surface area contributed by atoms with Crippen LogP contribution < -0.4 is 4.57 Å². The van der Waals surface area contributed by atoms with Crippen molar-refractivity contribution in [1.82, 2.24) is 4.90 Å². The van der Waals surface area contributed by atoms with E-state index in [2.05, 4.69) is 4.52 Å². The minimum absolute atomic E-state index is 0.0153. The number of aliphatic hydroxyl groups is 2. The molecule has 1 aliphatic rings. The second kappa shape index (κ2) is 9.92. The molecule has 1 aromatic heterocycles. The highest BCUT2D eigenvalue weighted by atomic mass is 31.2. The maximum absolute atomic E-state index is 12.2. The molecule has 0 aliphatic carbocycles. The third kappa shape index (κ3) is 6.54. The average Bonchev–Trinajstić information content (AvgIpc) is 2.92. The van der Waals surface area contributed by atoms with Crippen LogP contribution in [0, 0.1) is 0 Å². The van der Waals surface area contributed by atoms with Crippen molar-refractivity contribution in [2.75, 3.05) is 34.8 Å². The second-order valence-electron chi connectivity index (χ2n) is 7.21. The van der Waals surface area contributed by atoms with E-state index in [0.29, 0.717) is 11.6 Å². The fourth-order valence-corrected chi connectivity index (χ4v) is 3.27. The fourth-order valence-electron chi connectivity index (χ4n) is 2.93. The Bertz CT molecular complexity index is 820. The third-order valence-electron chi connectivity index (χ3n) is 4.28. The number of esters is 1. The smallest absolute Gasteiger partial charge is 0.387 e. The Morgan fingerprint density at radius 2 is 1.83 bits per heavy atom. The van der Waals surface area contributed by atoms with Crippen LogP contribution in [0.15, 0.2) is 24.5 Å². The summed E-state index contributed by atoms with van der Waals surface area (Å²) in [6.07, 6.45) is -1.72. The van der Waals surface area contributed by atoms with Crippen molar-refractivity contribution >= 4 is 19.8 Å². The first-order valence-corrected chi connectivity index (χ1v) is 10.6. The molecule has 1 aliphatic heterocycles. The van der Waals surface area contributed by atoms with Gasteiger partial charge in [-0.2, -0.15) is 4.57 Å². The van der Waals surface area contributed by atoms with Crippen LogP contribution in [-0.2, 0) is 29.8 Å². The molecule has 1 aromatic rings. The number of phosphoric ester groups is 1. The van der Waals surface area contributed by atoms with Gasteiger partial charge in [-0.05, 0) is 5.56 Å². The standard InChI is InChI=1S/C17H26N3O9P/c1-18(2)17(19(3)4)29-13(21)9-11-5-7-20(8-6-11)16-15(23)14(22)12(28-16)10-27-30(24,25)26/h5-8,12,14-16,22-23H,9-10H2,1-4H3/p+2/t12-,14-,15-,16-/m1/s1. The Labute approximate surface area is 173 Å². The molecule has 1 fully saturated rings. The molecule has 12 nitrogen and oxygen atoms in total. The van der Waals surface area contributed by atoms with E-state index >= 15 is 0 Å². The normalized spacial score (nSPS) is 23.9. The molecule has 0 spiro atoms. The first-order valence-electron chi connectivity index (χ1n) is 9.02. The molecule has 1 saturated heterocycles. The lowest BCUT2D eigenvalue weighted by Gasteiger charge is -2.13. The number of carbonyl (C=O) groups excluding carboxylic acids is 1. The number of pyridine rings is 1. The predicted octanol–water partition coefficient (Wildman–Crippen LogP) is -2.02. The third-order valence-corrected chi connectivity index (χ3v) is 4.76. The van der Waals surface area contributed by atoms with Gasteiger partial charge < -0.3 is 29.5 Å². The van der Waals surface area contributed by atoms with Gasteiger partial charge in [-0.25, -0.2) is 14.0 Å². The van der Waals surface area contributed by atoms with Gasteiger partial charge >= 0.3 is 19.8 Å². The number of aromatic nitrogens is 1. The van der Waals surface area contributed by atoms with Crippen LogP contribution >= 0.6 is 7.82 Å². The van der Waals surface area contributed by atoms with Gasteiger partial charge in [0.25, 0.3) is 6.23 Å². The van der Waals surface area contributed by atoms with E-state index in [1.165, 1.54) is 4.57 Å². The van der Waals surface area contributed by atoms with Gasteiger partial charge in [0.2, 0.25) is 0 Å². The zero-order valence-corrected chi connectivity index (χ0v) is 18.0. The summed E-state index contributed by atoms with van der Waals surface area (Å²) in [6.45, 7) is -0.583. The summed E-state index contributed by atoms with van der Waals surface area (Å²) in [5, 5.41) is 20.2. The van der Waals surface area contributed by atoms with Crippen molar-refractivity contribution in [2.45, 2.75) is 31.0 Å². The molecule has 168 valence electrons. The van der Waals surface area contributed by atoms with E-state index in [1.54, 1.807) is 62.2 Å². The van der Waals surface area contributed by atoms with Gasteiger partial charge in [0.15, 0.2) is 18.5 Å². The van der Waals surface area contributed by atoms with Gasteiger partial charge in [0, 0.05) is 12.1 Å². The first kappa shape index (κ1) is 24.4. The SMILES string of the molecule is CN(C)C(OC(=O)Cc1cc[n+]([C@@H]2O[C@H](COP(=O)(O)O)[C@@H](O)[C@H]2O)cc1)=[N+](C)C. The number of hydrogen-bond acceptors (Lipinski definition) is 7. The zero-order valence-electron chi connectivity index (χ0n) is 17.2. The summed E-state index contributed by atoms with van der Waals surface area (Å²) in [5.41, 5.74) is 0.655. The predicted molar refractivity (Wildman–Crippen MR) is 101 cm³/mol. The quantitative estimate of drug-likeness (QED) is 0.126. The molecule has 30 heavy (non-hydrogen) atoms. The number of amidine groups is 1. The van der Waals surface area contributed by atoms with E-state index < -0.39 is 44.9 Å². The largest absolute Gasteiger partial charge is 0.469 e. The number of carbonyl (C=O) groups is 1. The number of phosphoric acid groups is 1. The Hall–Kier alpha value is -1.92. The number of ether oxygens (including phenoxy) is 2. The number of nitrogens with zero attached hydrogens (tertiary/aromatic N) is 3. The van der Waals surface area contributed by atoms with Gasteiger partial charge in [-0.1, -0.05) is 0 Å². The van der Waals surface area contributed by atoms with Crippen molar-refractivity contribution < 1.29 is 52.5 Å². The molecule has 4 atom stereocenters. The molecule has 4 N–H and O–H groups in total. The number of aliphatic hydroxyl groups excluding tert-OH is 2. The average molecular weight is 449 g/mol. The van der Waals surface area contributed by atoms with Gasteiger partial charge in [-0.15, -0.1) is 0 Å². The highest BCUT2D eigenvalue weighted by Gasteiger charge is 2.48. The Kier molecular flexibility index (Phi) is 8.06. The van der Waals surface area contributed by atoms with E-state index in [4.69, 9.17) is 19.3 Å². The topological polar surface area (TPSA) is 153 Å². The highest BCUT2D eigenvalue weighted by molar-refractivity contribution is 7.46. The van der Waals surface area contributed by atoms with Crippen molar-refractivity contribution in [2.24, 2.45) is 0 Å². The molecule has 0 radical (unpaired) electrons. The monoisotopic (exact) mass is 449 g/mol. The van der Waals surface area contributed by atoms with Crippen LogP contribution in [-0.4, -0.2) is 94.6 Å². The van der Waals surface area contributed by atoms with E-state index in [1.807, 2.05) is 0 Å². The summed E-state index contributed by atoms with van der Waals surface area (Å²) >= 11 is 0. The summed E-state index contributed by atoms with van der Waals surface area (Å²) in [7, 11) is 2.30. The van der Waals surface area contributed by atoms with Crippen LogP contribution in [0.1, 0.15) is 11.8 Å². The van der Waals surface area contributed by atoms with E-state index in [-0.39, 0.29) is 6.42 Å². The number of rotatable bonds is 6. The molecule has 2 heterocycles. The van der Waals surface area contributed by atoms with Crippen LogP contribution in [0.25, 0.3) is 0 Å². The van der Waals surface area contributed by atoms with Gasteiger partial charge in [0.05, 0.1) is 41.2 Å². The lowest BCUT2D eigenvalue weighted by Crippen LogP contribution is -2.45. The molecule has 0 saturated carbocycles. The maximum atomic E-state index is 12.2. The van der Waals surface area contributed by atoms with Crippen LogP contribution in [0.5, 0.6) is 0 Å². The molecule has 2 rings (SSSR count). The molecule has 0 unspecified atom stereocenters. The Morgan fingerprint density at radius 3 is 2.33 bits per heavy atom. The Morgan fingerprint density at radius 1 is 1.23 bits per heavy atom. The molecular formula is C17H28N3O9P+2. The summed E-state index contributed by atoms with van der Waals surface area (Å²) < 4.78 is 29.1. The van der Waals surface area contributed by atoms with Crippen molar-refractivity contribution in [3.63, 3.8) is 0 Å². The van der Waals surface area contributed by atoms with Crippen LogP contribution in [0.2, 0.25) is 0 Å². The van der Waals surface area contributed by atoms with Gasteiger partial charge in [0.1, 0.15) is 12.2 Å². The van der Waals surface area contributed by atoms with Crippen molar-refractivity contribution in [3.05, 3.63) is 30.1 Å². The minimum atomic E-state index is -4.73. The lowest BCUT2D eigenvalue weighted by atomic mass is 10.1. The Balaban J connectivity index is 2.01. The number of hydrogen-bond donors (Lipinski definition) is 4. The van der Waals surface area contributed by atoms with E-state index in [0.717, 1.165) is 0 Å². The molecule has 0 bridgehead atoms. The molecule has 0 amide bonds. The maximum Gasteiger partial charge on any atom is 0.469 e. The highest BCUT2D eigenvalue weighted by Crippen LogP contribution is 2.37. The second-order valence-corrected chi connectivity index (χ2v) is 8.45. The summed E-state index contributed by atoms with van der Waals surface area (Å²) in [5.74, 6) is -0.452. The summed E-state index contributed by atoms with van der Waals surface area (Å²) in [4.78, 5) is 31.4. The molecule has 0 aromatic carbocycles. The first-order chi connectivity index (χ1) is 13.9. The summed E-state index contributed by atoms with van der Waals surface area (Å²) in [6, 6.07) is 3.66. The van der Waals surface area contributed by atoms with E-state index in [9.17, 15) is 19.6 Å². The lowest BCUT2D eigenvalue weighted by molar-refractivity contribution is -0.765. The van der Waals surface area contributed by atoms with Crippen molar-refractivity contribution in [1.29, 1.82) is 0 Å². The van der Waals surface area contributed by atoms with Crippen LogP contribution in [0.4, 0.5) is 0 Å².